The largest absolute Gasteiger partial charge is 0.383 e. The average molecular weight is 342 g/mol. The second-order valence-corrected chi connectivity index (χ2v) is 6.38. The number of hydrogen-bond acceptors (Lipinski definition) is 4. The molecule has 2 aromatic carbocycles. The van der Waals surface area contributed by atoms with Crippen LogP contribution in [0.1, 0.15) is 11.1 Å². The Balaban J connectivity index is 2.01. The maximum atomic E-state index is 5.22. The maximum Gasteiger partial charge on any atom is 0.0637 e. The highest BCUT2D eigenvalue weighted by atomic mass is 16.5. The Morgan fingerprint density at radius 1 is 0.680 bits per heavy atom. The summed E-state index contributed by atoms with van der Waals surface area (Å²) in [5, 5.41) is 0. The molecule has 0 spiro atoms. The molecule has 0 heterocycles. The smallest absolute Gasteiger partial charge is 0.0637 e. The molecule has 0 saturated heterocycles. The van der Waals surface area contributed by atoms with Gasteiger partial charge in [0.2, 0.25) is 0 Å². The van der Waals surface area contributed by atoms with Crippen LogP contribution in [0.5, 0.6) is 0 Å². The van der Waals surface area contributed by atoms with E-state index in [9.17, 15) is 0 Å². The van der Waals surface area contributed by atoms with Gasteiger partial charge in [0.25, 0.3) is 0 Å². The second kappa shape index (κ2) is 10.1. The quantitative estimate of drug-likeness (QED) is 0.660. The first-order valence-electron chi connectivity index (χ1n) is 8.72. The second-order valence-electron chi connectivity index (χ2n) is 6.38. The summed E-state index contributed by atoms with van der Waals surface area (Å²) >= 11 is 0. The molecule has 0 fully saturated rings. The molecule has 0 aliphatic heterocycles. The first-order chi connectivity index (χ1) is 12.1. The van der Waals surface area contributed by atoms with Crippen molar-refractivity contribution in [3.05, 3.63) is 59.7 Å². The van der Waals surface area contributed by atoms with E-state index in [1.807, 2.05) is 0 Å². The lowest BCUT2D eigenvalue weighted by atomic mass is 10.0. The predicted octanol–water partition coefficient (Wildman–Crippen LogP) is 3.44. The van der Waals surface area contributed by atoms with Crippen LogP contribution in [0.3, 0.4) is 0 Å². The van der Waals surface area contributed by atoms with Crippen molar-refractivity contribution >= 4 is 11.4 Å². The first kappa shape index (κ1) is 19.3. The van der Waals surface area contributed by atoms with Crippen molar-refractivity contribution in [3.63, 3.8) is 0 Å². The Hall–Kier alpha value is -2.04. The summed E-state index contributed by atoms with van der Waals surface area (Å²) in [6.07, 6.45) is 0.949. The molecule has 0 aromatic heterocycles. The van der Waals surface area contributed by atoms with Gasteiger partial charge in [0.1, 0.15) is 0 Å². The molecule has 0 aliphatic rings. The zero-order chi connectivity index (χ0) is 18.1. The standard InChI is InChI=1S/C21H30N2O2/c1-22(2)20-9-5-18(6-10-20)17-19-7-11-21(12-8-19)23(13-15-24-3)14-16-25-4/h5-12H,13-17H2,1-4H3. The minimum atomic E-state index is 0.712. The van der Waals surface area contributed by atoms with Gasteiger partial charge in [0.15, 0.2) is 0 Å². The van der Waals surface area contributed by atoms with E-state index in [1.165, 1.54) is 22.5 Å². The maximum absolute atomic E-state index is 5.22. The summed E-state index contributed by atoms with van der Waals surface area (Å²) in [4.78, 5) is 4.41. The summed E-state index contributed by atoms with van der Waals surface area (Å²) in [5.74, 6) is 0. The molecule has 0 unspecified atom stereocenters. The van der Waals surface area contributed by atoms with Gasteiger partial charge in [-0.3, -0.25) is 0 Å². The van der Waals surface area contributed by atoms with E-state index in [-0.39, 0.29) is 0 Å². The summed E-state index contributed by atoms with van der Waals surface area (Å²) in [7, 11) is 7.59. The van der Waals surface area contributed by atoms with E-state index < -0.39 is 0 Å². The molecule has 0 amide bonds. The van der Waals surface area contributed by atoms with Crippen molar-refractivity contribution in [2.75, 3.05) is 64.4 Å². The zero-order valence-corrected chi connectivity index (χ0v) is 15.9. The van der Waals surface area contributed by atoms with E-state index >= 15 is 0 Å². The molecule has 4 nitrogen and oxygen atoms in total. The van der Waals surface area contributed by atoms with Crippen molar-refractivity contribution in [1.82, 2.24) is 0 Å². The number of anilines is 2. The molecule has 4 heteroatoms. The van der Waals surface area contributed by atoms with Crippen molar-refractivity contribution < 1.29 is 9.47 Å². The first-order valence-corrected chi connectivity index (χ1v) is 8.72. The molecule has 0 radical (unpaired) electrons. The van der Waals surface area contributed by atoms with Crippen molar-refractivity contribution in [2.45, 2.75) is 6.42 Å². The lowest BCUT2D eigenvalue weighted by Gasteiger charge is -2.24. The number of methoxy groups -OCH3 is 2. The molecule has 0 N–H and O–H groups in total. The summed E-state index contributed by atoms with van der Waals surface area (Å²) in [6.45, 7) is 3.16. The molecular weight excluding hydrogens is 312 g/mol. The van der Waals surface area contributed by atoms with E-state index in [0.29, 0.717) is 13.2 Å². The number of hydrogen-bond donors (Lipinski definition) is 0. The van der Waals surface area contributed by atoms with Gasteiger partial charge >= 0.3 is 0 Å². The summed E-state index contributed by atoms with van der Waals surface area (Å²) < 4.78 is 10.4. The fourth-order valence-electron chi connectivity index (χ4n) is 2.75. The third kappa shape index (κ3) is 6.07. The number of benzene rings is 2. The molecule has 0 bridgehead atoms. The van der Waals surface area contributed by atoms with Crippen LogP contribution in [0.15, 0.2) is 48.5 Å². The molecular formula is C21H30N2O2. The Labute approximate surface area is 152 Å². The Morgan fingerprint density at radius 2 is 1.12 bits per heavy atom. The monoisotopic (exact) mass is 342 g/mol. The van der Waals surface area contributed by atoms with Crippen molar-refractivity contribution in [1.29, 1.82) is 0 Å². The van der Waals surface area contributed by atoms with Crippen LogP contribution in [0.25, 0.3) is 0 Å². The van der Waals surface area contributed by atoms with Gasteiger partial charge in [0.05, 0.1) is 13.2 Å². The normalized spacial score (nSPS) is 10.7. The van der Waals surface area contributed by atoms with Crippen LogP contribution in [0, 0.1) is 0 Å². The summed E-state index contributed by atoms with van der Waals surface area (Å²) in [6, 6.07) is 17.5. The van der Waals surface area contributed by atoms with Crippen molar-refractivity contribution in [2.24, 2.45) is 0 Å². The SMILES string of the molecule is COCCN(CCOC)c1ccc(Cc2ccc(N(C)C)cc2)cc1. The van der Waals surface area contributed by atoms with Gasteiger partial charge in [-0.05, 0) is 41.8 Å². The van der Waals surface area contributed by atoms with Gasteiger partial charge in [-0.15, -0.1) is 0 Å². The van der Waals surface area contributed by atoms with Crippen LogP contribution in [-0.2, 0) is 15.9 Å². The van der Waals surface area contributed by atoms with Gasteiger partial charge < -0.3 is 19.3 Å². The molecule has 0 saturated carbocycles. The molecule has 136 valence electrons. The number of rotatable bonds is 10. The highest BCUT2D eigenvalue weighted by Gasteiger charge is 2.06. The predicted molar refractivity (Wildman–Crippen MR) is 106 cm³/mol. The zero-order valence-electron chi connectivity index (χ0n) is 15.9. The highest BCUT2D eigenvalue weighted by Crippen LogP contribution is 2.19. The minimum absolute atomic E-state index is 0.712. The van der Waals surface area contributed by atoms with Gasteiger partial charge in [-0.25, -0.2) is 0 Å². The van der Waals surface area contributed by atoms with E-state index in [0.717, 1.165) is 19.5 Å². The van der Waals surface area contributed by atoms with Crippen LogP contribution in [0.4, 0.5) is 11.4 Å². The lowest BCUT2D eigenvalue weighted by Crippen LogP contribution is -2.30. The Bertz CT molecular complexity index is 601. The Morgan fingerprint density at radius 3 is 1.52 bits per heavy atom. The van der Waals surface area contributed by atoms with Gasteiger partial charge in [-0.1, -0.05) is 24.3 Å². The van der Waals surface area contributed by atoms with E-state index in [2.05, 4.69) is 72.4 Å². The third-order valence-corrected chi connectivity index (χ3v) is 4.29. The van der Waals surface area contributed by atoms with Gasteiger partial charge in [0, 0.05) is 52.8 Å². The van der Waals surface area contributed by atoms with Crippen molar-refractivity contribution in [3.8, 4) is 0 Å². The number of nitrogens with zero attached hydrogens (tertiary/aromatic N) is 2. The van der Waals surface area contributed by atoms with Crippen LogP contribution < -0.4 is 9.80 Å². The van der Waals surface area contributed by atoms with Crippen LogP contribution in [0.2, 0.25) is 0 Å². The molecule has 0 aliphatic carbocycles. The lowest BCUT2D eigenvalue weighted by molar-refractivity contribution is 0.190. The molecule has 25 heavy (non-hydrogen) atoms. The fraction of sp³-hybridized carbons (Fsp3) is 0.429. The minimum Gasteiger partial charge on any atom is -0.383 e. The van der Waals surface area contributed by atoms with Crippen LogP contribution in [-0.4, -0.2) is 54.6 Å². The Kier molecular flexibility index (Phi) is 7.76. The van der Waals surface area contributed by atoms with Gasteiger partial charge in [-0.2, -0.15) is 0 Å². The van der Waals surface area contributed by atoms with E-state index in [1.54, 1.807) is 14.2 Å². The average Bonchev–Trinajstić information content (AvgIpc) is 2.63. The molecule has 0 atom stereocenters. The van der Waals surface area contributed by atoms with Crippen LogP contribution >= 0.6 is 0 Å². The van der Waals surface area contributed by atoms with E-state index in [4.69, 9.17) is 9.47 Å². The third-order valence-electron chi connectivity index (χ3n) is 4.29. The fourth-order valence-corrected chi connectivity index (χ4v) is 2.75. The number of ether oxygens (including phenoxy) is 2. The molecule has 2 aromatic rings. The molecule has 2 rings (SSSR count). The topological polar surface area (TPSA) is 24.9 Å². The summed E-state index contributed by atoms with van der Waals surface area (Å²) in [5.41, 5.74) is 5.08. The highest BCUT2D eigenvalue weighted by molar-refractivity contribution is 5.49.